The molecule has 1 aromatic carbocycles. The molecule has 0 unspecified atom stereocenters. The fourth-order valence-corrected chi connectivity index (χ4v) is 3.42. The summed E-state index contributed by atoms with van der Waals surface area (Å²) in [6, 6.07) is 8.39. The minimum Gasteiger partial charge on any atom is -0.353 e. The van der Waals surface area contributed by atoms with Crippen LogP contribution in [0.3, 0.4) is 0 Å². The highest BCUT2D eigenvalue weighted by molar-refractivity contribution is 7.15. The second-order valence-corrected chi connectivity index (χ2v) is 6.96. The molecule has 22 heavy (non-hydrogen) atoms. The minimum absolute atomic E-state index is 0.177. The van der Waals surface area contributed by atoms with E-state index in [-0.39, 0.29) is 11.8 Å². The lowest BCUT2D eigenvalue weighted by Crippen LogP contribution is -2.23. The number of rotatable bonds is 4. The summed E-state index contributed by atoms with van der Waals surface area (Å²) in [6.07, 6.45) is 3.92. The van der Waals surface area contributed by atoms with Crippen molar-refractivity contribution in [2.24, 2.45) is 5.92 Å². The molecule has 0 radical (unpaired) electrons. The first kappa shape index (κ1) is 13.5. The zero-order valence-corrected chi connectivity index (χ0v) is 13.2. The van der Waals surface area contributed by atoms with Crippen LogP contribution in [0.25, 0.3) is 21.6 Å². The van der Waals surface area contributed by atoms with Crippen LogP contribution in [-0.2, 0) is 11.3 Å². The van der Waals surface area contributed by atoms with Crippen molar-refractivity contribution in [3.8, 4) is 10.7 Å². The SMILES string of the molecule is Cc1cccc2[nH]c(-c3ncc(CNC(=O)C4CC4)s3)cc12. The first-order valence-electron chi connectivity index (χ1n) is 7.52. The normalized spacial score (nSPS) is 14.4. The molecule has 4 nitrogen and oxygen atoms in total. The van der Waals surface area contributed by atoms with Crippen LogP contribution in [0.15, 0.2) is 30.5 Å². The van der Waals surface area contributed by atoms with Crippen LogP contribution in [0.1, 0.15) is 23.3 Å². The zero-order valence-electron chi connectivity index (χ0n) is 12.3. The van der Waals surface area contributed by atoms with Gasteiger partial charge in [-0.15, -0.1) is 11.3 Å². The van der Waals surface area contributed by atoms with E-state index in [1.807, 2.05) is 6.20 Å². The van der Waals surface area contributed by atoms with Crippen molar-refractivity contribution in [2.75, 3.05) is 0 Å². The van der Waals surface area contributed by atoms with Gasteiger partial charge in [0, 0.05) is 27.9 Å². The third kappa shape index (κ3) is 2.52. The van der Waals surface area contributed by atoms with Gasteiger partial charge in [-0.25, -0.2) is 4.98 Å². The Bertz CT molecular complexity index is 845. The van der Waals surface area contributed by atoms with Crippen molar-refractivity contribution in [1.82, 2.24) is 15.3 Å². The molecule has 0 aliphatic heterocycles. The highest BCUT2D eigenvalue weighted by atomic mass is 32.1. The molecule has 2 N–H and O–H groups in total. The summed E-state index contributed by atoms with van der Waals surface area (Å²) in [4.78, 5) is 20.7. The first-order chi connectivity index (χ1) is 10.7. The molecule has 0 atom stereocenters. The van der Waals surface area contributed by atoms with Gasteiger partial charge in [0.2, 0.25) is 5.91 Å². The van der Waals surface area contributed by atoms with E-state index in [0.29, 0.717) is 6.54 Å². The van der Waals surface area contributed by atoms with Gasteiger partial charge >= 0.3 is 0 Å². The Morgan fingerprint density at radius 2 is 2.32 bits per heavy atom. The smallest absolute Gasteiger partial charge is 0.223 e. The number of aromatic amines is 1. The predicted octanol–water partition coefficient (Wildman–Crippen LogP) is 3.63. The molecule has 1 saturated carbocycles. The molecule has 112 valence electrons. The second-order valence-electron chi connectivity index (χ2n) is 5.84. The van der Waals surface area contributed by atoms with Crippen molar-refractivity contribution in [3.63, 3.8) is 0 Å². The van der Waals surface area contributed by atoms with Crippen molar-refractivity contribution in [3.05, 3.63) is 40.9 Å². The van der Waals surface area contributed by atoms with E-state index >= 15 is 0 Å². The molecule has 1 aliphatic carbocycles. The fraction of sp³-hybridized carbons (Fsp3) is 0.294. The Morgan fingerprint density at radius 3 is 3.09 bits per heavy atom. The van der Waals surface area contributed by atoms with Crippen molar-refractivity contribution in [2.45, 2.75) is 26.3 Å². The molecule has 1 aliphatic rings. The Hall–Kier alpha value is -2.14. The summed E-state index contributed by atoms with van der Waals surface area (Å²) in [6.45, 7) is 2.69. The highest BCUT2D eigenvalue weighted by Crippen LogP contribution is 2.30. The monoisotopic (exact) mass is 311 g/mol. The number of hydrogen-bond donors (Lipinski definition) is 2. The summed E-state index contributed by atoms with van der Waals surface area (Å²) in [7, 11) is 0. The zero-order chi connectivity index (χ0) is 15.1. The highest BCUT2D eigenvalue weighted by Gasteiger charge is 2.29. The topological polar surface area (TPSA) is 57.8 Å². The lowest BCUT2D eigenvalue weighted by molar-refractivity contribution is -0.122. The van der Waals surface area contributed by atoms with E-state index in [1.165, 1.54) is 10.9 Å². The van der Waals surface area contributed by atoms with Gasteiger partial charge in [-0.1, -0.05) is 12.1 Å². The fourth-order valence-electron chi connectivity index (χ4n) is 2.60. The number of aryl methyl sites for hydroxylation is 1. The summed E-state index contributed by atoms with van der Waals surface area (Å²) >= 11 is 1.62. The van der Waals surface area contributed by atoms with Gasteiger partial charge in [-0.2, -0.15) is 0 Å². The number of H-pyrrole nitrogens is 1. The van der Waals surface area contributed by atoms with Gasteiger partial charge in [0.15, 0.2) is 0 Å². The van der Waals surface area contributed by atoms with Crippen LogP contribution in [0.2, 0.25) is 0 Å². The van der Waals surface area contributed by atoms with Crippen LogP contribution < -0.4 is 5.32 Å². The Labute approximate surface area is 132 Å². The largest absolute Gasteiger partial charge is 0.353 e. The van der Waals surface area contributed by atoms with Crippen LogP contribution >= 0.6 is 11.3 Å². The molecule has 0 spiro atoms. The number of amides is 1. The molecule has 2 aromatic heterocycles. The maximum atomic E-state index is 11.7. The van der Waals surface area contributed by atoms with Crippen molar-refractivity contribution < 1.29 is 4.79 Å². The number of aromatic nitrogens is 2. The van der Waals surface area contributed by atoms with Gasteiger partial charge < -0.3 is 10.3 Å². The minimum atomic E-state index is 0.177. The summed E-state index contributed by atoms with van der Waals surface area (Å²) in [5.41, 5.74) is 3.43. The number of carbonyl (C=O) groups is 1. The predicted molar refractivity (Wildman–Crippen MR) is 88.7 cm³/mol. The van der Waals surface area contributed by atoms with Crippen LogP contribution in [-0.4, -0.2) is 15.9 Å². The number of fused-ring (bicyclic) bond motifs is 1. The standard InChI is InChI=1S/C17H17N3OS/c1-10-3-2-4-14-13(10)7-15(20-14)17-19-9-12(22-17)8-18-16(21)11-5-6-11/h2-4,7,9,11,20H,5-6,8H2,1H3,(H,18,21). The van der Waals surface area contributed by atoms with Gasteiger partial charge in [-0.05, 0) is 37.5 Å². The Balaban J connectivity index is 1.54. The van der Waals surface area contributed by atoms with E-state index in [9.17, 15) is 4.79 Å². The number of nitrogens with one attached hydrogen (secondary N) is 2. The van der Waals surface area contributed by atoms with E-state index < -0.39 is 0 Å². The second kappa shape index (κ2) is 5.25. The van der Waals surface area contributed by atoms with Gasteiger partial charge in [0.05, 0.1) is 12.2 Å². The van der Waals surface area contributed by atoms with Crippen LogP contribution in [0.5, 0.6) is 0 Å². The first-order valence-corrected chi connectivity index (χ1v) is 8.33. The van der Waals surface area contributed by atoms with Gasteiger partial charge in [0.25, 0.3) is 0 Å². The number of hydrogen-bond acceptors (Lipinski definition) is 3. The van der Waals surface area contributed by atoms with Crippen LogP contribution in [0.4, 0.5) is 0 Å². The third-order valence-corrected chi connectivity index (χ3v) is 5.08. The van der Waals surface area contributed by atoms with Gasteiger partial charge in [0.1, 0.15) is 5.01 Å². The lowest BCUT2D eigenvalue weighted by atomic mass is 10.1. The quantitative estimate of drug-likeness (QED) is 0.773. The number of thiazole rings is 1. The summed E-state index contributed by atoms with van der Waals surface area (Å²) < 4.78 is 0. The van der Waals surface area contributed by atoms with Crippen molar-refractivity contribution in [1.29, 1.82) is 0 Å². The van der Waals surface area contributed by atoms with E-state index in [4.69, 9.17) is 0 Å². The third-order valence-electron chi connectivity index (χ3n) is 4.05. The molecule has 3 aromatic rings. The van der Waals surface area contributed by atoms with E-state index in [2.05, 4.69) is 46.5 Å². The molecule has 1 fully saturated rings. The van der Waals surface area contributed by atoms with Crippen LogP contribution in [0, 0.1) is 12.8 Å². The molecule has 0 bridgehead atoms. The van der Waals surface area contributed by atoms with E-state index in [0.717, 1.165) is 33.9 Å². The maximum absolute atomic E-state index is 11.7. The Kier molecular flexibility index (Phi) is 3.22. The number of carbonyl (C=O) groups excluding carboxylic acids is 1. The van der Waals surface area contributed by atoms with Crippen molar-refractivity contribution >= 4 is 28.1 Å². The molecule has 0 saturated heterocycles. The summed E-state index contributed by atoms with van der Waals surface area (Å²) in [5, 5.41) is 5.18. The maximum Gasteiger partial charge on any atom is 0.223 e. The Morgan fingerprint density at radius 1 is 1.45 bits per heavy atom. The lowest BCUT2D eigenvalue weighted by Gasteiger charge is -2.00. The number of benzene rings is 1. The number of nitrogens with zero attached hydrogens (tertiary/aromatic N) is 1. The molecule has 2 heterocycles. The average molecular weight is 311 g/mol. The average Bonchev–Trinajstić information content (AvgIpc) is 3.09. The molecular formula is C17H17N3OS. The molecular weight excluding hydrogens is 294 g/mol. The van der Waals surface area contributed by atoms with E-state index in [1.54, 1.807) is 11.3 Å². The summed E-state index contributed by atoms with van der Waals surface area (Å²) in [5.74, 6) is 0.431. The molecule has 5 heteroatoms. The molecule has 1 amide bonds. The van der Waals surface area contributed by atoms with Gasteiger partial charge in [-0.3, -0.25) is 4.79 Å². The molecule has 4 rings (SSSR count).